The molecule has 0 aromatic carbocycles. The van der Waals surface area contributed by atoms with Crippen molar-refractivity contribution >= 4 is 12.4 Å². The van der Waals surface area contributed by atoms with Gasteiger partial charge < -0.3 is 15.2 Å². The molecule has 0 radical (unpaired) electrons. The molecule has 1 aliphatic rings. The van der Waals surface area contributed by atoms with Crippen LogP contribution < -0.4 is 11.3 Å². The van der Waals surface area contributed by atoms with Gasteiger partial charge in [-0.25, -0.2) is 4.98 Å². The third-order valence-electron chi connectivity index (χ3n) is 5.16. The van der Waals surface area contributed by atoms with Gasteiger partial charge in [0.2, 0.25) is 5.89 Å². The summed E-state index contributed by atoms with van der Waals surface area (Å²) < 4.78 is 5.35. The minimum atomic E-state index is -0.470. The first kappa shape index (κ1) is 20.2. The lowest BCUT2D eigenvalue weighted by Gasteiger charge is -2.17. The van der Waals surface area contributed by atoms with E-state index in [-0.39, 0.29) is 18.0 Å². The first-order valence-electron chi connectivity index (χ1n) is 9.17. The number of hydrogen-bond acceptors (Lipinski definition) is 7. The number of halogens is 1. The first-order valence-corrected chi connectivity index (χ1v) is 9.17. The molecule has 0 spiro atoms. The Morgan fingerprint density at radius 2 is 2.04 bits per heavy atom. The van der Waals surface area contributed by atoms with Crippen LogP contribution >= 0.6 is 12.4 Å². The van der Waals surface area contributed by atoms with Gasteiger partial charge in [-0.05, 0) is 38.3 Å². The summed E-state index contributed by atoms with van der Waals surface area (Å²) >= 11 is 0. The van der Waals surface area contributed by atoms with Gasteiger partial charge in [0.1, 0.15) is 5.82 Å². The van der Waals surface area contributed by atoms with E-state index < -0.39 is 5.54 Å². The molecule has 3 aromatic heterocycles. The van der Waals surface area contributed by atoms with Gasteiger partial charge in [0, 0.05) is 35.6 Å². The van der Waals surface area contributed by atoms with Crippen molar-refractivity contribution in [3.8, 4) is 11.4 Å². The van der Waals surface area contributed by atoms with Crippen LogP contribution in [0.4, 0.5) is 0 Å². The fourth-order valence-corrected chi connectivity index (χ4v) is 3.56. The molecular formula is C19H23ClN6O2. The highest BCUT2D eigenvalue weighted by atomic mass is 35.5. The minimum Gasteiger partial charge on any atom is -0.339 e. The van der Waals surface area contributed by atoms with E-state index in [1.54, 1.807) is 18.5 Å². The zero-order valence-corrected chi connectivity index (χ0v) is 16.5. The second kappa shape index (κ2) is 8.20. The number of aromatic nitrogens is 5. The van der Waals surface area contributed by atoms with Gasteiger partial charge in [0.15, 0.2) is 5.82 Å². The van der Waals surface area contributed by atoms with E-state index in [1.165, 1.54) is 0 Å². The molecule has 9 heteroatoms. The molecule has 1 fully saturated rings. The Hall–Kier alpha value is -2.58. The van der Waals surface area contributed by atoms with Crippen LogP contribution in [0.1, 0.15) is 48.7 Å². The van der Waals surface area contributed by atoms with Crippen molar-refractivity contribution in [2.75, 3.05) is 0 Å². The largest absolute Gasteiger partial charge is 0.339 e. The number of nitrogens with zero attached hydrogens (tertiary/aromatic N) is 4. The maximum absolute atomic E-state index is 12.5. The number of rotatable bonds is 5. The average Bonchev–Trinajstić information content (AvgIpc) is 3.32. The molecule has 1 aliphatic carbocycles. The Kier molecular flexibility index (Phi) is 5.90. The highest BCUT2D eigenvalue weighted by molar-refractivity contribution is 5.85. The molecule has 3 heterocycles. The van der Waals surface area contributed by atoms with E-state index in [4.69, 9.17) is 10.3 Å². The van der Waals surface area contributed by atoms with Gasteiger partial charge in [0.25, 0.3) is 5.56 Å². The minimum absolute atomic E-state index is 0. The second-order valence-electron chi connectivity index (χ2n) is 7.10. The molecule has 0 aliphatic heterocycles. The normalized spacial score (nSPS) is 15.4. The topological polar surface area (TPSA) is 124 Å². The van der Waals surface area contributed by atoms with Crippen molar-refractivity contribution in [2.24, 2.45) is 5.73 Å². The maximum atomic E-state index is 12.5. The van der Waals surface area contributed by atoms with Gasteiger partial charge in [-0.3, -0.25) is 9.78 Å². The zero-order valence-electron chi connectivity index (χ0n) is 15.6. The molecule has 148 valence electrons. The van der Waals surface area contributed by atoms with Crippen LogP contribution in [0.2, 0.25) is 0 Å². The smallest absolute Gasteiger partial charge is 0.254 e. The number of aryl methyl sites for hydroxylation is 2. The summed E-state index contributed by atoms with van der Waals surface area (Å²) in [4.78, 5) is 28.4. The quantitative estimate of drug-likeness (QED) is 0.671. The molecule has 0 amide bonds. The van der Waals surface area contributed by atoms with Crippen LogP contribution in [-0.4, -0.2) is 25.1 Å². The summed E-state index contributed by atoms with van der Waals surface area (Å²) in [5.74, 6) is 1.59. The molecule has 3 aromatic rings. The fourth-order valence-electron chi connectivity index (χ4n) is 3.56. The highest BCUT2D eigenvalue weighted by Gasteiger charge is 2.35. The summed E-state index contributed by atoms with van der Waals surface area (Å²) in [6.45, 7) is 1.83. The molecule has 4 rings (SSSR count). The Bertz CT molecular complexity index is 995. The van der Waals surface area contributed by atoms with Crippen LogP contribution in [0.5, 0.6) is 0 Å². The number of pyridine rings is 1. The number of H-pyrrole nitrogens is 1. The van der Waals surface area contributed by atoms with E-state index in [1.807, 2.05) is 13.0 Å². The zero-order chi connectivity index (χ0) is 18.9. The van der Waals surface area contributed by atoms with Crippen LogP contribution in [0, 0.1) is 6.92 Å². The fraction of sp³-hybridized carbons (Fsp3) is 0.421. The van der Waals surface area contributed by atoms with Gasteiger partial charge >= 0.3 is 0 Å². The summed E-state index contributed by atoms with van der Waals surface area (Å²) in [5.41, 5.74) is 7.81. The molecule has 0 atom stereocenters. The van der Waals surface area contributed by atoms with Crippen molar-refractivity contribution in [1.29, 1.82) is 0 Å². The Labute approximate surface area is 168 Å². The third kappa shape index (κ3) is 3.98. The summed E-state index contributed by atoms with van der Waals surface area (Å²) in [6.07, 6.45) is 8.23. The van der Waals surface area contributed by atoms with Crippen molar-refractivity contribution in [3.05, 3.63) is 57.9 Å². The van der Waals surface area contributed by atoms with Crippen molar-refractivity contribution < 1.29 is 4.52 Å². The van der Waals surface area contributed by atoms with E-state index in [0.29, 0.717) is 41.6 Å². The average molecular weight is 403 g/mol. The summed E-state index contributed by atoms with van der Waals surface area (Å²) in [5, 5.41) is 4.06. The van der Waals surface area contributed by atoms with Crippen molar-refractivity contribution in [1.82, 2.24) is 25.1 Å². The molecule has 0 saturated heterocycles. The maximum Gasteiger partial charge on any atom is 0.254 e. The van der Waals surface area contributed by atoms with Crippen LogP contribution in [-0.2, 0) is 18.4 Å². The Morgan fingerprint density at radius 3 is 2.71 bits per heavy atom. The van der Waals surface area contributed by atoms with Gasteiger partial charge in [-0.15, -0.1) is 12.4 Å². The SMILES string of the molecule is Cc1nc(-c2cccnc2)[nH]c(=O)c1CCc1nc(C2(N)CCCC2)no1.Cl. The summed E-state index contributed by atoms with van der Waals surface area (Å²) in [6, 6.07) is 3.66. The van der Waals surface area contributed by atoms with Crippen LogP contribution in [0.15, 0.2) is 33.8 Å². The Morgan fingerprint density at radius 1 is 1.25 bits per heavy atom. The second-order valence-corrected chi connectivity index (χ2v) is 7.10. The molecule has 28 heavy (non-hydrogen) atoms. The van der Waals surface area contributed by atoms with Crippen molar-refractivity contribution in [2.45, 2.75) is 51.0 Å². The first-order chi connectivity index (χ1) is 13.0. The van der Waals surface area contributed by atoms with E-state index in [9.17, 15) is 4.79 Å². The van der Waals surface area contributed by atoms with E-state index in [2.05, 4.69) is 25.1 Å². The molecule has 8 nitrogen and oxygen atoms in total. The predicted octanol–water partition coefficient (Wildman–Crippen LogP) is 2.46. The third-order valence-corrected chi connectivity index (χ3v) is 5.16. The van der Waals surface area contributed by atoms with E-state index >= 15 is 0 Å². The molecule has 0 unspecified atom stereocenters. The lowest BCUT2D eigenvalue weighted by molar-refractivity contribution is 0.348. The highest BCUT2D eigenvalue weighted by Crippen LogP contribution is 2.34. The number of aromatic amines is 1. The lowest BCUT2D eigenvalue weighted by atomic mass is 9.99. The molecular weight excluding hydrogens is 380 g/mol. The lowest BCUT2D eigenvalue weighted by Crippen LogP contribution is -2.34. The molecule has 1 saturated carbocycles. The molecule has 3 N–H and O–H groups in total. The van der Waals surface area contributed by atoms with E-state index in [0.717, 1.165) is 31.2 Å². The number of nitrogens with two attached hydrogens (primary N) is 1. The predicted molar refractivity (Wildman–Crippen MR) is 106 cm³/mol. The van der Waals surface area contributed by atoms with Crippen molar-refractivity contribution in [3.63, 3.8) is 0 Å². The van der Waals surface area contributed by atoms with Crippen LogP contribution in [0.25, 0.3) is 11.4 Å². The Balaban J connectivity index is 0.00000225. The number of hydrogen-bond donors (Lipinski definition) is 2. The monoisotopic (exact) mass is 402 g/mol. The van der Waals surface area contributed by atoms with Gasteiger partial charge in [-0.1, -0.05) is 18.0 Å². The number of nitrogens with one attached hydrogen (secondary N) is 1. The molecule has 0 bridgehead atoms. The van der Waals surface area contributed by atoms with Gasteiger partial charge in [-0.2, -0.15) is 4.98 Å². The van der Waals surface area contributed by atoms with Gasteiger partial charge in [0.05, 0.1) is 5.54 Å². The summed E-state index contributed by atoms with van der Waals surface area (Å²) in [7, 11) is 0. The standard InChI is InChI=1S/C19H22N6O2.ClH/c1-12-14(17(26)24-16(22-12)13-5-4-10-21-11-13)6-7-15-23-18(25-27-15)19(20)8-2-3-9-19;/h4-5,10-11H,2-3,6-9,20H2,1H3,(H,22,24,26);1H. The van der Waals surface area contributed by atoms with Crippen LogP contribution in [0.3, 0.4) is 0 Å².